The summed E-state index contributed by atoms with van der Waals surface area (Å²) < 4.78 is 19.2. The monoisotopic (exact) mass is 437 g/mol. The normalized spacial score (nSPS) is 26.0. The minimum Gasteiger partial charge on any atom is -0.462 e. The van der Waals surface area contributed by atoms with E-state index in [1.54, 1.807) is 37.3 Å². The van der Waals surface area contributed by atoms with Crippen LogP contribution in [0.25, 0.3) is 0 Å². The Hall–Kier alpha value is -3.26. The number of rotatable bonds is 4. The van der Waals surface area contributed by atoms with Gasteiger partial charge in [0.1, 0.15) is 11.4 Å². The van der Waals surface area contributed by atoms with Gasteiger partial charge in [0, 0.05) is 23.0 Å². The van der Waals surface area contributed by atoms with Gasteiger partial charge in [-0.15, -0.1) is 0 Å². The van der Waals surface area contributed by atoms with E-state index < -0.39 is 23.2 Å². The minimum atomic E-state index is -1.21. The van der Waals surface area contributed by atoms with Crippen molar-refractivity contribution in [1.82, 2.24) is 4.90 Å². The molecule has 0 aliphatic carbocycles. The van der Waals surface area contributed by atoms with Gasteiger partial charge >= 0.3 is 5.97 Å². The first-order chi connectivity index (χ1) is 15.4. The molecule has 166 valence electrons. The zero-order chi connectivity index (χ0) is 22.5. The summed E-state index contributed by atoms with van der Waals surface area (Å²) in [6, 6.07) is 10.8. The van der Waals surface area contributed by atoms with Gasteiger partial charge in [-0.3, -0.25) is 14.5 Å². The zero-order valence-corrected chi connectivity index (χ0v) is 17.7. The van der Waals surface area contributed by atoms with Crippen molar-refractivity contribution >= 4 is 29.2 Å². The van der Waals surface area contributed by atoms with Crippen molar-refractivity contribution in [1.29, 1.82) is 0 Å². The van der Waals surface area contributed by atoms with Crippen molar-refractivity contribution in [2.45, 2.75) is 37.8 Å². The van der Waals surface area contributed by atoms with Crippen LogP contribution in [0, 0.1) is 11.7 Å². The predicted octanol–water partition coefficient (Wildman–Crippen LogP) is 3.27. The van der Waals surface area contributed by atoms with Crippen molar-refractivity contribution in [3.63, 3.8) is 0 Å². The minimum absolute atomic E-state index is 0.0944. The smallest absolute Gasteiger partial charge is 0.338 e. The van der Waals surface area contributed by atoms with Gasteiger partial charge in [-0.05, 0) is 75.2 Å². The second-order valence-corrected chi connectivity index (χ2v) is 8.48. The van der Waals surface area contributed by atoms with Crippen LogP contribution in [0.5, 0.6) is 0 Å². The SMILES string of the molecule is CCOC(=O)c1ccc(NC(=O)C2CC3CCCN3C23C(=O)Nc2ccc(F)cc23)cc1. The Morgan fingerprint density at radius 2 is 2.03 bits per heavy atom. The maximum Gasteiger partial charge on any atom is 0.338 e. The topological polar surface area (TPSA) is 87.7 Å². The summed E-state index contributed by atoms with van der Waals surface area (Å²) in [5.41, 5.74) is 0.781. The van der Waals surface area contributed by atoms with E-state index in [0.717, 1.165) is 12.8 Å². The molecule has 0 saturated carbocycles. The average molecular weight is 437 g/mol. The highest BCUT2D eigenvalue weighted by molar-refractivity contribution is 6.10. The third kappa shape index (κ3) is 3.01. The summed E-state index contributed by atoms with van der Waals surface area (Å²) in [6.07, 6.45) is 2.36. The first-order valence-electron chi connectivity index (χ1n) is 10.9. The van der Waals surface area contributed by atoms with Crippen LogP contribution in [0.15, 0.2) is 42.5 Å². The molecule has 3 unspecified atom stereocenters. The standard InChI is InChI=1S/C24H24FN3O4/c1-2-32-22(30)14-5-8-16(9-6-14)26-21(29)19-13-17-4-3-11-28(17)24(19)18-12-15(25)7-10-20(18)27-23(24)31/h5-10,12,17,19H,2-4,11,13H2,1H3,(H,26,29)(H,27,31). The Morgan fingerprint density at radius 1 is 1.25 bits per heavy atom. The van der Waals surface area contributed by atoms with Gasteiger partial charge < -0.3 is 15.4 Å². The summed E-state index contributed by atoms with van der Waals surface area (Å²) in [4.78, 5) is 40.8. The molecule has 0 radical (unpaired) electrons. The van der Waals surface area contributed by atoms with E-state index in [9.17, 15) is 18.8 Å². The maximum absolute atomic E-state index is 14.2. The largest absolute Gasteiger partial charge is 0.462 e. The zero-order valence-electron chi connectivity index (χ0n) is 17.7. The van der Waals surface area contributed by atoms with Crippen molar-refractivity contribution in [2.24, 2.45) is 5.92 Å². The van der Waals surface area contributed by atoms with Gasteiger partial charge in [-0.2, -0.15) is 0 Å². The number of carbonyl (C=O) groups is 3. The molecule has 3 heterocycles. The molecule has 1 spiro atoms. The number of nitrogens with one attached hydrogen (secondary N) is 2. The van der Waals surface area contributed by atoms with Crippen molar-refractivity contribution in [2.75, 3.05) is 23.8 Å². The van der Waals surface area contributed by atoms with Crippen LogP contribution < -0.4 is 10.6 Å². The van der Waals surface area contributed by atoms with Crippen molar-refractivity contribution in [3.8, 4) is 0 Å². The Balaban J connectivity index is 1.47. The number of fused-ring (bicyclic) bond motifs is 4. The van der Waals surface area contributed by atoms with E-state index in [2.05, 4.69) is 15.5 Å². The Kier molecular flexibility index (Phi) is 4.97. The van der Waals surface area contributed by atoms with Crippen LogP contribution in [0.4, 0.5) is 15.8 Å². The highest BCUT2D eigenvalue weighted by Gasteiger charge is 2.65. The summed E-state index contributed by atoms with van der Waals surface area (Å²) in [5, 5.41) is 5.77. The third-order valence-electron chi connectivity index (χ3n) is 6.81. The van der Waals surface area contributed by atoms with Crippen LogP contribution in [-0.2, 0) is 19.9 Å². The molecule has 3 aliphatic rings. The van der Waals surface area contributed by atoms with Crippen molar-refractivity contribution < 1.29 is 23.5 Å². The highest BCUT2D eigenvalue weighted by Crippen LogP contribution is 2.55. The van der Waals surface area contributed by atoms with Crippen molar-refractivity contribution in [3.05, 3.63) is 59.4 Å². The second kappa shape index (κ2) is 7.70. The third-order valence-corrected chi connectivity index (χ3v) is 6.81. The van der Waals surface area contributed by atoms with Gasteiger partial charge in [0.05, 0.1) is 18.1 Å². The van der Waals surface area contributed by atoms with E-state index in [1.807, 2.05) is 0 Å². The molecule has 2 saturated heterocycles. The van der Waals surface area contributed by atoms with Gasteiger partial charge in [-0.1, -0.05) is 0 Å². The van der Waals surface area contributed by atoms with Gasteiger partial charge in [-0.25, -0.2) is 9.18 Å². The van der Waals surface area contributed by atoms with Crippen LogP contribution in [0.1, 0.15) is 42.1 Å². The summed E-state index contributed by atoms with van der Waals surface area (Å²) in [5.74, 6) is -2.10. The summed E-state index contributed by atoms with van der Waals surface area (Å²) >= 11 is 0. The molecule has 2 N–H and O–H groups in total. The lowest BCUT2D eigenvalue weighted by atomic mass is 9.78. The molecule has 32 heavy (non-hydrogen) atoms. The summed E-state index contributed by atoms with van der Waals surface area (Å²) in [6.45, 7) is 2.70. The maximum atomic E-state index is 14.2. The Bertz CT molecular complexity index is 1100. The first kappa shape index (κ1) is 20.6. The fraction of sp³-hybridized carbons (Fsp3) is 0.375. The number of ether oxygens (including phenoxy) is 1. The lowest BCUT2D eigenvalue weighted by Gasteiger charge is -2.36. The van der Waals surface area contributed by atoms with E-state index >= 15 is 0 Å². The molecule has 2 amide bonds. The molecule has 2 aromatic carbocycles. The first-order valence-corrected chi connectivity index (χ1v) is 10.9. The number of carbonyl (C=O) groups excluding carboxylic acids is 3. The fourth-order valence-electron chi connectivity index (χ4n) is 5.53. The Labute approximate surface area is 184 Å². The van der Waals surface area contributed by atoms with E-state index in [0.29, 0.717) is 35.5 Å². The number of anilines is 2. The number of hydrogen-bond acceptors (Lipinski definition) is 5. The Morgan fingerprint density at radius 3 is 2.78 bits per heavy atom. The number of benzene rings is 2. The molecular formula is C24H24FN3O4. The molecule has 8 heteroatoms. The number of halogens is 1. The van der Waals surface area contributed by atoms with E-state index in [-0.39, 0.29) is 24.5 Å². The number of amides is 2. The lowest BCUT2D eigenvalue weighted by Crippen LogP contribution is -2.53. The molecule has 5 rings (SSSR count). The van der Waals surface area contributed by atoms with E-state index in [4.69, 9.17) is 4.74 Å². The number of esters is 1. The van der Waals surface area contributed by atoms with Crippen LogP contribution in [-0.4, -0.2) is 41.9 Å². The second-order valence-electron chi connectivity index (χ2n) is 8.48. The van der Waals surface area contributed by atoms with E-state index in [1.165, 1.54) is 12.1 Å². The summed E-state index contributed by atoms with van der Waals surface area (Å²) in [7, 11) is 0. The molecule has 7 nitrogen and oxygen atoms in total. The van der Waals surface area contributed by atoms with Gasteiger partial charge in [0.2, 0.25) is 11.8 Å². The molecule has 0 aromatic heterocycles. The van der Waals surface area contributed by atoms with Crippen LogP contribution >= 0.6 is 0 Å². The molecule has 3 aliphatic heterocycles. The van der Waals surface area contributed by atoms with Crippen LogP contribution in [0.2, 0.25) is 0 Å². The highest BCUT2D eigenvalue weighted by atomic mass is 19.1. The molecule has 2 fully saturated rings. The van der Waals surface area contributed by atoms with Crippen LogP contribution in [0.3, 0.4) is 0 Å². The molecule has 0 bridgehead atoms. The number of hydrogen-bond donors (Lipinski definition) is 2. The van der Waals surface area contributed by atoms with Gasteiger partial charge in [0.15, 0.2) is 0 Å². The predicted molar refractivity (Wildman–Crippen MR) is 116 cm³/mol. The van der Waals surface area contributed by atoms with Gasteiger partial charge in [0.25, 0.3) is 0 Å². The quantitative estimate of drug-likeness (QED) is 0.717. The lowest BCUT2D eigenvalue weighted by molar-refractivity contribution is -0.135. The molecular weight excluding hydrogens is 413 g/mol. The average Bonchev–Trinajstić information content (AvgIpc) is 3.43. The number of nitrogens with zero attached hydrogens (tertiary/aromatic N) is 1. The molecule has 2 aromatic rings. The molecule has 3 atom stereocenters. The fourth-order valence-corrected chi connectivity index (χ4v) is 5.53.